The van der Waals surface area contributed by atoms with Crippen molar-refractivity contribution in [3.05, 3.63) is 58.2 Å². The van der Waals surface area contributed by atoms with Crippen LogP contribution in [0.4, 0.5) is 0 Å². The van der Waals surface area contributed by atoms with Gasteiger partial charge in [-0.15, -0.1) is 11.3 Å². The molecular weight excluding hydrogens is 372 g/mol. The first-order chi connectivity index (χ1) is 12.7. The van der Waals surface area contributed by atoms with Crippen molar-refractivity contribution in [1.29, 1.82) is 0 Å². The van der Waals surface area contributed by atoms with Gasteiger partial charge < -0.3 is 9.42 Å². The number of hydrogen-bond acceptors (Lipinski definition) is 6. The van der Waals surface area contributed by atoms with Crippen molar-refractivity contribution in [2.24, 2.45) is 0 Å². The maximum Gasteiger partial charge on any atom is 0.268 e. The number of hydrogen-bond donors (Lipinski definition) is 0. The van der Waals surface area contributed by atoms with E-state index in [1.165, 1.54) is 0 Å². The van der Waals surface area contributed by atoms with Gasteiger partial charge in [0.1, 0.15) is 0 Å². The van der Waals surface area contributed by atoms with Crippen molar-refractivity contribution in [2.45, 2.75) is 6.54 Å². The lowest BCUT2D eigenvalue weighted by Crippen LogP contribution is -2.48. The second-order valence-corrected chi connectivity index (χ2v) is 7.40. The molecule has 26 heavy (non-hydrogen) atoms. The molecule has 1 amide bonds. The SMILES string of the molecule is O=C(c1ccccc1Cl)N1CCN(Cc2noc(-c3cccs3)n2)CC1. The number of rotatable bonds is 4. The Balaban J connectivity index is 1.34. The summed E-state index contributed by atoms with van der Waals surface area (Å²) in [5.74, 6) is 1.21. The molecule has 1 aromatic carbocycles. The normalized spacial score (nSPS) is 15.3. The van der Waals surface area contributed by atoms with E-state index < -0.39 is 0 Å². The van der Waals surface area contributed by atoms with Gasteiger partial charge in [0.05, 0.1) is 22.0 Å². The molecular formula is C18H17ClN4O2S. The number of nitrogens with zero attached hydrogens (tertiary/aromatic N) is 4. The summed E-state index contributed by atoms with van der Waals surface area (Å²) in [6, 6.07) is 11.1. The van der Waals surface area contributed by atoms with Crippen molar-refractivity contribution in [3.63, 3.8) is 0 Å². The Morgan fingerprint density at radius 3 is 2.69 bits per heavy atom. The van der Waals surface area contributed by atoms with Crippen LogP contribution in [0.1, 0.15) is 16.2 Å². The van der Waals surface area contributed by atoms with E-state index >= 15 is 0 Å². The smallest absolute Gasteiger partial charge is 0.268 e. The van der Waals surface area contributed by atoms with E-state index in [-0.39, 0.29) is 5.91 Å². The van der Waals surface area contributed by atoms with E-state index in [1.807, 2.05) is 34.5 Å². The predicted molar refractivity (Wildman–Crippen MR) is 100 cm³/mol. The molecule has 8 heteroatoms. The molecule has 1 aliphatic rings. The van der Waals surface area contributed by atoms with Crippen LogP contribution < -0.4 is 0 Å². The first-order valence-corrected chi connectivity index (χ1v) is 9.59. The van der Waals surface area contributed by atoms with Gasteiger partial charge >= 0.3 is 0 Å². The number of thiophene rings is 1. The summed E-state index contributed by atoms with van der Waals surface area (Å²) < 4.78 is 5.32. The highest BCUT2D eigenvalue weighted by Crippen LogP contribution is 2.23. The molecule has 0 bridgehead atoms. The van der Waals surface area contributed by atoms with E-state index in [4.69, 9.17) is 16.1 Å². The van der Waals surface area contributed by atoms with Crippen LogP contribution in [0.3, 0.4) is 0 Å². The molecule has 1 fully saturated rings. The van der Waals surface area contributed by atoms with Crippen molar-refractivity contribution < 1.29 is 9.32 Å². The fourth-order valence-corrected chi connectivity index (χ4v) is 3.79. The molecule has 0 aliphatic carbocycles. The Kier molecular flexibility index (Phi) is 5.01. The zero-order chi connectivity index (χ0) is 17.9. The molecule has 6 nitrogen and oxygen atoms in total. The second-order valence-electron chi connectivity index (χ2n) is 6.04. The summed E-state index contributed by atoms with van der Waals surface area (Å²) in [5.41, 5.74) is 0.557. The molecule has 4 rings (SSSR count). The standard InChI is InChI=1S/C18H17ClN4O2S/c19-14-5-2-1-4-13(14)18(24)23-9-7-22(8-10-23)12-16-20-17(25-21-16)15-6-3-11-26-15/h1-6,11H,7-10,12H2. The van der Waals surface area contributed by atoms with Crippen molar-refractivity contribution >= 4 is 28.8 Å². The largest absolute Gasteiger partial charge is 0.336 e. The van der Waals surface area contributed by atoms with Gasteiger partial charge in [-0.1, -0.05) is 35.0 Å². The molecule has 0 atom stereocenters. The fraction of sp³-hybridized carbons (Fsp3) is 0.278. The van der Waals surface area contributed by atoms with Gasteiger partial charge in [0.2, 0.25) is 0 Å². The van der Waals surface area contributed by atoms with Crippen LogP contribution in [0.15, 0.2) is 46.3 Å². The maximum atomic E-state index is 12.6. The van der Waals surface area contributed by atoms with Crippen LogP contribution in [-0.2, 0) is 6.54 Å². The topological polar surface area (TPSA) is 62.5 Å². The minimum atomic E-state index is -0.0187. The van der Waals surface area contributed by atoms with Gasteiger partial charge in [-0.3, -0.25) is 9.69 Å². The van der Waals surface area contributed by atoms with Gasteiger partial charge in [0, 0.05) is 26.2 Å². The number of aromatic nitrogens is 2. The molecule has 0 spiro atoms. The Morgan fingerprint density at radius 1 is 1.15 bits per heavy atom. The quantitative estimate of drug-likeness (QED) is 0.685. The molecule has 1 aliphatic heterocycles. The van der Waals surface area contributed by atoms with Crippen molar-refractivity contribution in [3.8, 4) is 10.8 Å². The van der Waals surface area contributed by atoms with E-state index in [0.29, 0.717) is 41.9 Å². The summed E-state index contributed by atoms with van der Waals surface area (Å²) in [4.78, 5) is 22.1. The van der Waals surface area contributed by atoms with Gasteiger partial charge in [-0.2, -0.15) is 4.98 Å². The van der Waals surface area contributed by atoms with Crippen LogP contribution in [0.5, 0.6) is 0 Å². The summed E-state index contributed by atoms with van der Waals surface area (Å²) in [5, 5.41) is 6.53. The molecule has 0 radical (unpaired) electrons. The zero-order valence-electron chi connectivity index (χ0n) is 14.0. The fourth-order valence-electron chi connectivity index (χ4n) is 2.93. The van der Waals surface area contributed by atoms with Crippen molar-refractivity contribution in [2.75, 3.05) is 26.2 Å². The van der Waals surface area contributed by atoms with Crippen LogP contribution in [0, 0.1) is 0 Å². The van der Waals surface area contributed by atoms with Crippen LogP contribution in [0.2, 0.25) is 5.02 Å². The summed E-state index contributed by atoms with van der Waals surface area (Å²) in [7, 11) is 0. The highest BCUT2D eigenvalue weighted by atomic mass is 35.5. The molecule has 0 saturated carbocycles. The van der Waals surface area contributed by atoms with E-state index in [1.54, 1.807) is 23.5 Å². The molecule has 2 aromatic heterocycles. The Bertz CT molecular complexity index is 888. The van der Waals surface area contributed by atoms with Crippen LogP contribution in [0.25, 0.3) is 10.8 Å². The van der Waals surface area contributed by atoms with E-state index in [2.05, 4.69) is 15.0 Å². The zero-order valence-corrected chi connectivity index (χ0v) is 15.5. The van der Waals surface area contributed by atoms with Gasteiger partial charge in [0.25, 0.3) is 11.8 Å². The molecule has 1 saturated heterocycles. The Labute approximate surface area is 160 Å². The first-order valence-electron chi connectivity index (χ1n) is 8.33. The van der Waals surface area contributed by atoms with Crippen molar-refractivity contribution in [1.82, 2.24) is 19.9 Å². The highest BCUT2D eigenvalue weighted by Gasteiger charge is 2.24. The minimum absolute atomic E-state index is 0.0187. The third-order valence-electron chi connectivity index (χ3n) is 4.33. The third-order valence-corrected chi connectivity index (χ3v) is 5.52. The second kappa shape index (κ2) is 7.57. The predicted octanol–water partition coefficient (Wildman–Crippen LogP) is 3.41. The lowest BCUT2D eigenvalue weighted by Gasteiger charge is -2.34. The van der Waals surface area contributed by atoms with Crippen LogP contribution in [-0.4, -0.2) is 52.0 Å². The minimum Gasteiger partial charge on any atom is -0.336 e. The molecule has 3 heterocycles. The Morgan fingerprint density at radius 2 is 1.96 bits per heavy atom. The summed E-state index contributed by atoms with van der Waals surface area (Å²) in [6.07, 6.45) is 0. The maximum absolute atomic E-state index is 12.6. The van der Waals surface area contributed by atoms with Gasteiger partial charge in [0.15, 0.2) is 5.82 Å². The number of halogens is 1. The third kappa shape index (κ3) is 3.65. The Hall–Kier alpha value is -2.22. The number of carbonyl (C=O) groups is 1. The van der Waals surface area contributed by atoms with Gasteiger partial charge in [-0.25, -0.2) is 0 Å². The van der Waals surface area contributed by atoms with Gasteiger partial charge in [-0.05, 0) is 23.6 Å². The lowest BCUT2D eigenvalue weighted by molar-refractivity contribution is 0.0624. The monoisotopic (exact) mass is 388 g/mol. The first kappa shape index (κ1) is 17.2. The number of benzene rings is 1. The molecule has 0 unspecified atom stereocenters. The van der Waals surface area contributed by atoms with Crippen LogP contribution >= 0.6 is 22.9 Å². The van der Waals surface area contributed by atoms with E-state index in [0.717, 1.165) is 18.0 Å². The van der Waals surface area contributed by atoms with E-state index in [9.17, 15) is 4.79 Å². The molecule has 134 valence electrons. The average Bonchev–Trinajstić information content (AvgIpc) is 3.34. The lowest BCUT2D eigenvalue weighted by atomic mass is 10.2. The molecule has 0 N–H and O–H groups in total. The number of carbonyl (C=O) groups excluding carboxylic acids is 1. The molecule has 3 aromatic rings. The number of piperazine rings is 1. The summed E-state index contributed by atoms with van der Waals surface area (Å²) >= 11 is 7.71. The average molecular weight is 389 g/mol. The highest BCUT2D eigenvalue weighted by molar-refractivity contribution is 7.13. The number of amides is 1. The summed E-state index contributed by atoms with van der Waals surface area (Å²) in [6.45, 7) is 3.44.